The fourth-order valence-corrected chi connectivity index (χ4v) is 2.29. The fourth-order valence-electron chi connectivity index (χ4n) is 2.29. The van der Waals surface area contributed by atoms with Crippen LogP contribution in [0.5, 0.6) is 5.75 Å². The normalized spacial score (nSPS) is 12.6. The van der Waals surface area contributed by atoms with Gasteiger partial charge in [0.15, 0.2) is 0 Å². The number of nitrogens with one attached hydrogen (secondary N) is 1. The predicted molar refractivity (Wildman–Crippen MR) is 99.5 cm³/mol. The molecule has 0 saturated heterocycles. The van der Waals surface area contributed by atoms with Crippen LogP contribution in [0, 0.1) is 6.92 Å². The fraction of sp³-hybridized carbons (Fsp3) is 0.316. The standard InChI is InChI=1S/C19H24N2O2.ClH/c1-3-16(23-17-11-7-8-14(2)12-17)13-21-19(22)18(20)15-9-5-4-6-10-15;/h4-12,16,18H,3,13,20H2,1-2H3,(H,21,22);1H. The van der Waals surface area contributed by atoms with E-state index in [4.69, 9.17) is 10.5 Å². The lowest BCUT2D eigenvalue weighted by atomic mass is 10.1. The second-order valence-electron chi connectivity index (χ2n) is 5.60. The molecule has 2 rings (SSSR count). The van der Waals surface area contributed by atoms with E-state index in [2.05, 4.69) is 5.32 Å². The second-order valence-corrected chi connectivity index (χ2v) is 5.60. The number of hydrogen-bond acceptors (Lipinski definition) is 3. The van der Waals surface area contributed by atoms with Gasteiger partial charge < -0.3 is 15.8 Å². The van der Waals surface area contributed by atoms with E-state index >= 15 is 0 Å². The van der Waals surface area contributed by atoms with Crippen molar-refractivity contribution in [1.82, 2.24) is 5.32 Å². The Hall–Kier alpha value is -2.04. The predicted octanol–water partition coefficient (Wildman–Crippen LogP) is 3.39. The molecule has 0 aromatic heterocycles. The van der Waals surface area contributed by atoms with E-state index < -0.39 is 6.04 Å². The van der Waals surface area contributed by atoms with E-state index in [-0.39, 0.29) is 24.4 Å². The van der Waals surface area contributed by atoms with Gasteiger partial charge in [0.2, 0.25) is 5.91 Å². The number of halogens is 1. The quantitative estimate of drug-likeness (QED) is 0.806. The highest BCUT2D eigenvalue weighted by Crippen LogP contribution is 2.15. The highest BCUT2D eigenvalue weighted by atomic mass is 35.5. The summed E-state index contributed by atoms with van der Waals surface area (Å²) in [4.78, 5) is 12.2. The lowest BCUT2D eigenvalue weighted by molar-refractivity contribution is -0.122. The summed E-state index contributed by atoms with van der Waals surface area (Å²) >= 11 is 0. The molecule has 0 radical (unpaired) electrons. The van der Waals surface area contributed by atoms with E-state index in [1.54, 1.807) is 0 Å². The molecule has 2 unspecified atom stereocenters. The lowest BCUT2D eigenvalue weighted by Crippen LogP contribution is -2.40. The molecule has 0 aliphatic rings. The number of ether oxygens (including phenoxy) is 1. The van der Waals surface area contributed by atoms with Gasteiger partial charge in [-0.15, -0.1) is 12.4 Å². The molecule has 0 aliphatic carbocycles. The number of benzene rings is 2. The van der Waals surface area contributed by atoms with Crippen LogP contribution in [0.2, 0.25) is 0 Å². The van der Waals surface area contributed by atoms with Crippen molar-refractivity contribution in [3.63, 3.8) is 0 Å². The Labute approximate surface area is 149 Å². The van der Waals surface area contributed by atoms with Crippen LogP contribution in [-0.2, 0) is 4.79 Å². The van der Waals surface area contributed by atoms with Crippen LogP contribution in [0.25, 0.3) is 0 Å². The molecule has 2 aromatic carbocycles. The number of carbonyl (C=O) groups excluding carboxylic acids is 1. The number of hydrogen-bond donors (Lipinski definition) is 2. The number of rotatable bonds is 7. The summed E-state index contributed by atoms with van der Waals surface area (Å²) in [5.74, 6) is 0.626. The Morgan fingerprint density at radius 3 is 2.50 bits per heavy atom. The molecule has 0 heterocycles. The van der Waals surface area contributed by atoms with Crippen LogP contribution in [0.3, 0.4) is 0 Å². The topological polar surface area (TPSA) is 64.4 Å². The van der Waals surface area contributed by atoms with Gasteiger partial charge in [-0.05, 0) is 36.6 Å². The Kier molecular flexibility index (Phi) is 8.30. The van der Waals surface area contributed by atoms with Crippen molar-refractivity contribution in [1.29, 1.82) is 0 Å². The van der Waals surface area contributed by atoms with Crippen molar-refractivity contribution < 1.29 is 9.53 Å². The first-order chi connectivity index (χ1) is 11.1. The maximum atomic E-state index is 12.2. The van der Waals surface area contributed by atoms with Crippen LogP contribution in [0.4, 0.5) is 0 Å². The minimum Gasteiger partial charge on any atom is -0.489 e. The molecule has 1 amide bonds. The first kappa shape index (κ1) is 20.0. The van der Waals surface area contributed by atoms with Crippen molar-refractivity contribution in [2.45, 2.75) is 32.4 Å². The Balaban J connectivity index is 0.00000288. The molecular formula is C19H25ClN2O2. The van der Waals surface area contributed by atoms with E-state index in [9.17, 15) is 4.79 Å². The molecule has 24 heavy (non-hydrogen) atoms. The number of nitrogens with two attached hydrogens (primary N) is 1. The zero-order valence-corrected chi connectivity index (χ0v) is 14.9. The average molecular weight is 349 g/mol. The third-order valence-electron chi connectivity index (χ3n) is 3.69. The largest absolute Gasteiger partial charge is 0.489 e. The molecule has 4 nitrogen and oxygen atoms in total. The van der Waals surface area contributed by atoms with Crippen LogP contribution in [0.1, 0.15) is 30.5 Å². The summed E-state index contributed by atoms with van der Waals surface area (Å²) in [5.41, 5.74) is 7.93. The van der Waals surface area contributed by atoms with Gasteiger partial charge in [0.1, 0.15) is 17.9 Å². The van der Waals surface area contributed by atoms with Crippen molar-refractivity contribution >= 4 is 18.3 Å². The molecule has 0 saturated carbocycles. The molecule has 3 N–H and O–H groups in total. The summed E-state index contributed by atoms with van der Waals surface area (Å²) in [5, 5.41) is 2.88. The van der Waals surface area contributed by atoms with Crippen LogP contribution in [-0.4, -0.2) is 18.6 Å². The molecule has 0 spiro atoms. The van der Waals surface area contributed by atoms with Gasteiger partial charge in [0, 0.05) is 0 Å². The van der Waals surface area contributed by atoms with Crippen LogP contribution >= 0.6 is 12.4 Å². The monoisotopic (exact) mass is 348 g/mol. The molecule has 2 atom stereocenters. The third-order valence-corrected chi connectivity index (χ3v) is 3.69. The molecule has 130 valence electrons. The third kappa shape index (κ3) is 5.87. The second kappa shape index (κ2) is 9.96. The van der Waals surface area contributed by atoms with E-state index in [1.807, 2.05) is 68.4 Å². The minimum atomic E-state index is -0.660. The Morgan fingerprint density at radius 1 is 1.17 bits per heavy atom. The van der Waals surface area contributed by atoms with Crippen molar-refractivity contribution in [2.75, 3.05) is 6.54 Å². The number of aryl methyl sites for hydroxylation is 1. The van der Waals surface area contributed by atoms with Gasteiger partial charge in [-0.2, -0.15) is 0 Å². The van der Waals surface area contributed by atoms with E-state index in [0.717, 1.165) is 23.3 Å². The zero-order chi connectivity index (χ0) is 16.7. The first-order valence-corrected chi connectivity index (χ1v) is 7.91. The van der Waals surface area contributed by atoms with Crippen molar-refractivity contribution in [2.24, 2.45) is 5.73 Å². The Bertz CT molecular complexity index is 634. The first-order valence-electron chi connectivity index (χ1n) is 7.91. The summed E-state index contributed by atoms with van der Waals surface area (Å²) in [6.45, 7) is 4.49. The molecule has 5 heteroatoms. The van der Waals surface area contributed by atoms with Gasteiger partial charge >= 0.3 is 0 Å². The van der Waals surface area contributed by atoms with Crippen LogP contribution in [0.15, 0.2) is 54.6 Å². The summed E-state index contributed by atoms with van der Waals surface area (Å²) < 4.78 is 5.92. The minimum absolute atomic E-state index is 0. The van der Waals surface area contributed by atoms with E-state index in [0.29, 0.717) is 6.54 Å². The zero-order valence-electron chi connectivity index (χ0n) is 14.1. The maximum absolute atomic E-state index is 12.2. The maximum Gasteiger partial charge on any atom is 0.241 e. The lowest BCUT2D eigenvalue weighted by Gasteiger charge is -2.20. The van der Waals surface area contributed by atoms with Gasteiger partial charge in [-0.25, -0.2) is 0 Å². The molecule has 2 aromatic rings. The van der Waals surface area contributed by atoms with Crippen molar-refractivity contribution in [3.8, 4) is 5.75 Å². The number of amides is 1. The van der Waals surface area contributed by atoms with Gasteiger partial charge in [-0.1, -0.05) is 49.4 Å². The average Bonchev–Trinajstić information content (AvgIpc) is 2.58. The molecule has 0 fully saturated rings. The summed E-state index contributed by atoms with van der Waals surface area (Å²) in [6.07, 6.45) is 0.721. The van der Waals surface area contributed by atoms with E-state index in [1.165, 1.54) is 0 Å². The summed E-state index contributed by atoms with van der Waals surface area (Å²) in [7, 11) is 0. The highest BCUT2D eigenvalue weighted by Gasteiger charge is 2.17. The molecule has 0 bridgehead atoms. The van der Waals surface area contributed by atoms with Gasteiger partial charge in [-0.3, -0.25) is 4.79 Å². The molecular weight excluding hydrogens is 324 g/mol. The number of carbonyl (C=O) groups is 1. The smallest absolute Gasteiger partial charge is 0.241 e. The highest BCUT2D eigenvalue weighted by molar-refractivity contribution is 5.85. The SMILES string of the molecule is CCC(CNC(=O)C(N)c1ccccc1)Oc1cccc(C)c1.Cl. The van der Waals surface area contributed by atoms with Gasteiger partial charge in [0.25, 0.3) is 0 Å². The van der Waals surface area contributed by atoms with Gasteiger partial charge in [0.05, 0.1) is 6.54 Å². The molecule has 0 aliphatic heterocycles. The summed E-state index contributed by atoms with van der Waals surface area (Å²) in [6, 6.07) is 16.6. The Morgan fingerprint density at radius 2 is 1.88 bits per heavy atom. The van der Waals surface area contributed by atoms with Crippen LogP contribution < -0.4 is 15.8 Å². The van der Waals surface area contributed by atoms with Crippen molar-refractivity contribution in [3.05, 3.63) is 65.7 Å².